The first-order valence-electron chi connectivity index (χ1n) is 8.76. The van der Waals surface area contributed by atoms with Gasteiger partial charge in [0.05, 0.1) is 0 Å². The Labute approximate surface area is 129 Å². The van der Waals surface area contributed by atoms with Crippen molar-refractivity contribution in [3.63, 3.8) is 0 Å². The first-order valence-corrected chi connectivity index (χ1v) is 8.76. The summed E-state index contributed by atoms with van der Waals surface area (Å²) in [5.41, 5.74) is 2.70. The quantitative estimate of drug-likeness (QED) is 0.899. The maximum Gasteiger partial charge on any atom is 0.134 e. The van der Waals surface area contributed by atoms with Crippen LogP contribution in [-0.4, -0.2) is 17.0 Å². The zero-order valence-electron chi connectivity index (χ0n) is 13.8. The van der Waals surface area contributed by atoms with Crippen molar-refractivity contribution in [2.24, 2.45) is 11.8 Å². The number of aromatic nitrogens is 2. The standard InChI is InChI=1S/C18H29N3/c1-12(2)13-8-10-14(11-9-13)17-20-16-7-5-4-6-15(16)18(19-3)21-17/h12-14H,4-11H2,1-3H3,(H,19,20,21). The van der Waals surface area contributed by atoms with Crippen LogP contribution in [0.4, 0.5) is 5.82 Å². The van der Waals surface area contributed by atoms with E-state index < -0.39 is 0 Å². The number of fused-ring (bicyclic) bond motifs is 1. The van der Waals surface area contributed by atoms with Crippen LogP contribution in [0.3, 0.4) is 0 Å². The van der Waals surface area contributed by atoms with Crippen LogP contribution >= 0.6 is 0 Å². The minimum atomic E-state index is 0.583. The van der Waals surface area contributed by atoms with Gasteiger partial charge in [0.25, 0.3) is 0 Å². The molecule has 1 aromatic heterocycles. The number of hydrogen-bond donors (Lipinski definition) is 1. The predicted octanol–water partition coefficient (Wildman–Crippen LogP) is 4.33. The van der Waals surface area contributed by atoms with Crippen LogP contribution in [0.15, 0.2) is 0 Å². The summed E-state index contributed by atoms with van der Waals surface area (Å²) in [4.78, 5) is 9.84. The third kappa shape index (κ3) is 3.07. The van der Waals surface area contributed by atoms with E-state index in [1.54, 1.807) is 0 Å². The Kier molecular flexibility index (Phi) is 4.46. The highest BCUT2D eigenvalue weighted by atomic mass is 15.0. The number of hydrogen-bond acceptors (Lipinski definition) is 3. The fraction of sp³-hybridized carbons (Fsp3) is 0.778. The lowest BCUT2D eigenvalue weighted by Crippen LogP contribution is -2.21. The van der Waals surface area contributed by atoms with E-state index in [-0.39, 0.29) is 0 Å². The molecule has 0 unspecified atom stereocenters. The van der Waals surface area contributed by atoms with Crippen molar-refractivity contribution in [2.75, 3.05) is 12.4 Å². The van der Waals surface area contributed by atoms with Crippen LogP contribution in [0.1, 0.15) is 75.4 Å². The highest BCUT2D eigenvalue weighted by Gasteiger charge is 2.27. The lowest BCUT2D eigenvalue weighted by molar-refractivity contribution is 0.254. The molecular formula is C18H29N3. The van der Waals surface area contributed by atoms with E-state index in [9.17, 15) is 0 Å². The Bertz CT molecular complexity index is 470. The number of aryl methyl sites for hydroxylation is 1. The zero-order chi connectivity index (χ0) is 14.8. The van der Waals surface area contributed by atoms with Crippen LogP contribution in [-0.2, 0) is 12.8 Å². The van der Waals surface area contributed by atoms with Crippen LogP contribution in [0, 0.1) is 11.8 Å². The summed E-state index contributed by atoms with van der Waals surface area (Å²) in [6.45, 7) is 4.72. The Morgan fingerprint density at radius 3 is 2.38 bits per heavy atom. The van der Waals surface area contributed by atoms with Crippen molar-refractivity contribution >= 4 is 5.82 Å². The molecule has 1 aromatic rings. The molecule has 21 heavy (non-hydrogen) atoms. The minimum Gasteiger partial charge on any atom is -0.373 e. The Balaban J connectivity index is 1.80. The highest BCUT2D eigenvalue weighted by Crippen LogP contribution is 2.38. The molecule has 2 aliphatic rings. The molecule has 0 aliphatic heterocycles. The zero-order valence-corrected chi connectivity index (χ0v) is 13.8. The second-order valence-electron chi connectivity index (χ2n) is 7.17. The molecule has 3 rings (SSSR count). The van der Waals surface area contributed by atoms with Gasteiger partial charge in [0.2, 0.25) is 0 Å². The monoisotopic (exact) mass is 287 g/mol. The third-order valence-corrected chi connectivity index (χ3v) is 5.52. The van der Waals surface area contributed by atoms with Gasteiger partial charge >= 0.3 is 0 Å². The Morgan fingerprint density at radius 1 is 1.00 bits per heavy atom. The van der Waals surface area contributed by atoms with Gasteiger partial charge in [-0.2, -0.15) is 0 Å². The van der Waals surface area contributed by atoms with Gasteiger partial charge in [0.1, 0.15) is 11.6 Å². The van der Waals surface area contributed by atoms with Gasteiger partial charge in [-0.3, -0.25) is 0 Å². The van der Waals surface area contributed by atoms with E-state index in [2.05, 4.69) is 19.2 Å². The largest absolute Gasteiger partial charge is 0.373 e. The normalized spacial score (nSPS) is 25.7. The summed E-state index contributed by atoms with van der Waals surface area (Å²) in [7, 11) is 2.00. The van der Waals surface area contributed by atoms with Crippen molar-refractivity contribution in [3.8, 4) is 0 Å². The van der Waals surface area contributed by atoms with Crippen molar-refractivity contribution in [1.29, 1.82) is 0 Å². The summed E-state index contributed by atoms with van der Waals surface area (Å²) < 4.78 is 0. The van der Waals surface area contributed by atoms with Crippen LogP contribution < -0.4 is 5.32 Å². The van der Waals surface area contributed by atoms with Gasteiger partial charge < -0.3 is 5.32 Å². The lowest BCUT2D eigenvalue weighted by Gasteiger charge is -2.31. The highest BCUT2D eigenvalue weighted by molar-refractivity contribution is 5.47. The molecule has 3 heteroatoms. The van der Waals surface area contributed by atoms with E-state index in [0.29, 0.717) is 5.92 Å². The second-order valence-corrected chi connectivity index (χ2v) is 7.17. The van der Waals surface area contributed by atoms with Gasteiger partial charge in [0.15, 0.2) is 0 Å². The molecule has 0 saturated heterocycles. The smallest absolute Gasteiger partial charge is 0.134 e. The molecule has 2 aliphatic carbocycles. The Morgan fingerprint density at radius 2 is 1.71 bits per heavy atom. The SMILES string of the molecule is CNc1nc(C2CCC(C(C)C)CC2)nc2c1CCCC2. The van der Waals surface area contributed by atoms with Gasteiger partial charge in [-0.05, 0) is 63.2 Å². The number of rotatable bonds is 3. The molecule has 1 N–H and O–H groups in total. The maximum atomic E-state index is 4.96. The number of nitrogens with zero attached hydrogens (tertiary/aromatic N) is 2. The summed E-state index contributed by atoms with van der Waals surface area (Å²) in [6.07, 6.45) is 10.1. The molecule has 0 radical (unpaired) electrons. The Hall–Kier alpha value is -1.12. The number of nitrogens with one attached hydrogen (secondary N) is 1. The summed E-state index contributed by atoms with van der Waals surface area (Å²) in [5, 5.41) is 3.31. The lowest BCUT2D eigenvalue weighted by atomic mass is 9.76. The molecular weight excluding hydrogens is 258 g/mol. The summed E-state index contributed by atoms with van der Waals surface area (Å²) in [6, 6.07) is 0. The van der Waals surface area contributed by atoms with Crippen molar-refractivity contribution < 1.29 is 0 Å². The number of anilines is 1. The van der Waals surface area contributed by atoms with Gasteiger partial charge in [-0.15, -0.1) is 0 Å². The topological polar surface area (TPSA) is 37.8 Å². The van der Waals surface area contributed by atoms with Crippen molar-refractivity contribution in [2.45, 2.75) is 71.1 Å². The first kappa shape index (κ1) is 14.8. The van der Waals surface area contributed by atoms with Gasteiger partial charge in [-0.1, -0.05) is 13.8 Å². The molecule has 0 atom stereocenters. The molecule has 1 fully saturated rings. The van der Waals surface area contributed by atoms with Crippen LogP contribution in [0.5, 0.6) is 0 Å². The molecule has 1 heterocycles. The molecule has 0 amide bonds. The van der Waals surface area contributed by atoms with E-state index in [1.807, 2.05) is 7.05 Å². The second kappa shape index (κ2) is 6.33. The molecule has 1 saturated carbocycles. The summed E-state index contributed by atoms with van der Waals surface area (Å²) in [5.74, 6) is 4.52. The fourth-order valence-corrected chi connectivity index (χ4v) is 4.05. The molecule has 3 nitrogen and oxygen atoms in total. The van der Waals surface area contributed by atoms with E-state index in [4.69, 9.17) is 9.97 Å². The average Bonchev–Trinajstić information content (AvgIpc) is 2.53. The molecule has 116 valence electrons. The average molecular weight is 287 g/mol. The van der Waals surface area contributed by atoms with Gasteiger partial charge in [0, 0.05) is 24.2 Å². The third-order valence-electron chi connectivity index (χ3n) is 5.52. The summed E-state index contributed by atoms with van der Waals surface area (Å²) >= 11 is 0. The van der Waals surface area contributed by atoms with Crippen molar-refractivity contribution in [3.05, 3.63) is 17.1 Å². The van der Waals surface area contributed by atoms with E-state index in [0.717, 1.165) is 36.3 Å². The predicted molar refractivity (Wildman–Crippen MR) is 87.8 cm³/mol. The fourth-order valence-electron chi connectivity index (χ4n) is 4.05. The van der Waals surface area contributed by atoms with Crippen molar-refractivity contribution in [1.82, 2.24) is 9.97 Å². The molecule has 0 bridgehead atoms. The molecule has 0 spiro atoms. The van der Waals surface area contributed by atoms with Crippen LogP contribution in [0.2, 0.25) is 0 Å². The first-order chi connectivity index (χ1) is 10.2. The van der Waals surface area contributed by atoms with E-state index >= 15 is 0 Å². The molecule has 0 aromatic carbocycles. The van der Waals surface area contributed by atoms with E-state index in [1.165, 1.54) is 49.8 Å². The van der Waals surface area contributed by atoms with Crippen LogP contribution in [0.25, 0.3) is 0 Å². The maximum absolute atomic E-state index is 4.96. The minimum absolute atomic E-state index is 0.583. The van der Waals surface area contributed by atoms with Gasteiger partial charge in [-0.25, -0.2) is 9.97 Å².